The van der Waals surface area contributed by atoms with Crippen LogP contribution < -0.4 is 5.32 Å². The van der Waals surface area contributed by atoms with Crippen LogP contribution in [0.25, 0.3) is 0 Å². The van der Waals surface area contributed by atoms with E-state index in [4.69, 9.17) is 0 Å². The first kappa shape index (κ1) is 13.3. The number of aliphatic hydroxyl groups is 1. The highest BCUT2D eigenvalue weighted by Gasteiger charge is 2.41. The largest absolute Gasteiger partial charge is 0.394 e. The van der Waals surface area contributed by atoms with Crippen molar-refractivity contribution in [3.8, 4) is 0 Å². The van der Waals surface area contributed by atoms with Crippen LogP contribution in [0.15, 0.2) is 0 Å². The summed E-state index contributed by atoms with van der Waals surface area (Å²) in [5.74, 6) is 0.439. The second-order valence-electron chi connectivity index (χ2n) is 5.12. The van der Waals surface area contributed by atoms with Gasteiger partial charge in [0.15, 0.2) is 0 Å². The standard InChI is InChI=1S/C11H22N2O3S/c14-10-11(2-8-17(15,16)9-3-11)13-6-1-4-12-5-7-13/h12,14H,1-10H2. The molecule has 0 radical (unpaired) electrons. The number of sulfone groups is 1. The minimum atomic E-state index is -2.87. The Morgan fingerprint density at radius 2 is 1.88 bits per heavy atom. The third-order valence-corrected chi connectivity index (χ3v) is 5.71. The van der Waals surface area contributed by atoms with E-state index in [0.717, 1.165) is 32.6 Å². The van der Waals surface area contributed by atoms with Gasteiger partial charge in [-0.25, -0.2) is 8.42 Å². The summed E-state index contributed by atoms with van der Waals surface area (Å²) in [7, 11) is -2.87. The zero-order chi connectivity index (χ0) is 12.4. The predicted molar refractivity (Wildman–Crippen MR) is 66.8 cm³/mol. The molecule has 0 aromatic carbocycles. The highest BCUT2D eigenvalue weighted by atomic mass is 32.2. The Morgan fingerprint density at radius 3 is 2.53 bits per heavy atom. The number of aliphatic hydroxyl groups excluding tert-OH is 1. The van der Waals surface area contributed by atoms with Gasteiger partial charge >= 0.3 is 0 Å². The SMILES string of the molecule is O=S1(=O)CCC(CO)(N2CCCNCC2)CC1. The van der Waals surface area contributed by atoms with E-state index in [2.05, 4.69) is 10.2 Å². The molecule has 6 heteroatoms. The van der Waals surface area contributed by atoms with Crippen LogP contribution in [0.3, 0.4) is 0 Å². The lowest BCUT2D eigenvalue weighted by Crippen LogP contribution is -2.56. The Bertz CT molecular complexity index is 334. The predicted octanol–water partition coefficient (Wildman–Crippen LogP) is -0.779. The van der Waals surface area contributed by atoms with E-state index in [1.54, 1.807) is 0 Å². The highest BCUT2D eigenvalue weighted by Crippen LogP contribution is 2.30. The molecular formula is C11H22N2O3S. The zero-order valence-corrected chi connectivity index (χ0v) is 11.0. The van der Waals surface area contributed by atoms with Crippen molar-refractivity contribution in [2.45, 2.75) is 24.8 Å². The van der Waals surface area contributed by atoms with Crippen molar-refractivity contribution in [1.82, 2.24) is 10.2 Å². The molecule has 0 amide bonds. The van der Waals surface area contributed by atoms with Crippen LogP contribution in [-0.4, -0.2) is 68.3 Å². The molecule has 0 bridgehead atoms. The lowest BCUT2D eigenvalue weighted by atomic mass is 9.90. The Labute approximate surface area is 103 Å². The highest BCUT2D eigenvalue weighted by molar-refractivity contribution is 7.91. The Kier molecular flexibility index (Phi) is 4.07. The van der Waals surface area contributed by atoms with E-state index in [0.29, 0.717) is 12.8 Å². The van der Waals surface area contributed by atoms with Gasteiger partial charge in [0, 0.05) is 25.2 Å². The van der Waals surface area contributed by atoms with Gasteiger partial charge in [0.05, 0.1) is 18.1 Å². The fraction of sp³-hybridized carbons (Fsp3) is 1.00. The molecule has 2 saturated heterocycles. The molecule has 0 saturated carbocycles. The molecule has 2 aliphatic heterocycles. The van der Waals surface area contributed by atoms with E-state index in [1.165, 1.54) is 0 Å². The van der Waals surface area contributed by atoms with Crippen molar-refractivity contribution in [2.24, 2.45) is 0 Å². The molecule has 2 aliphatic rings. The first-order chi connectivity index (χ1) is 8.08. The van der Waals surface area contributed by atoms with Crippen LogP contribution in [0, 0.1) is 0 Å². The average molecular weight is 262 g/mol. The van der Waals surface area contributed by atoms with Gasteiger partial charge in [-0.3, -0.25) is 4.90 Å². The first-order valence-corrected chi connectivity index (χ1v) is 8.17. The summed E-state index contributed by atoms with van der Waals surface area (Å²) in [5.41, 5.74) is -0.294. The molecule has 0 aromatic rings. The van der Waals surface area contributed by atoms with Gasteiger partial charge in [-0.05, 0) is 25.8 Å². The van der Waals surface area contributed by atoms with Crippen LogP contribution in [0.1, 0.15) is 19.3 Å². The van der Waals surface area contributed by atoms with Gasteiger partial charge in [0.2, 0.25) is 0 Å². The van der Waals surface area contributed by atoms with Crippen molar-refractivity contribution in [3.05, 3.63) is 0 Å². The molecule has 17 heavy (non-hydrogen) atoms. The molecule has 2 heterocycles. The number of nitrogens with one attached hydrogen (secondary N) is 1. The molecule has 0 aliphatic carbocycles. The minimum Gasteiger partial charge on any atom is -0.394 e. The fourth-order valence-electron chi connectivity index (χ4n) is 2.81. The summed E-state index contributed by atoms with van der Waals surface area (Å²) in [4.78, 5) is 2.29. The monoisotopic (exact) mass is 262 g/mol. The minimum absolute atomic E-state index is 0.0719. The maximum Gasteiger partial charge on any atom is 0.150 e. The molecule has 2 fully saturated rings. The smallest absolute Gasteiger partial charge is 0.150 e. The topological polar surface area (TPSA) is 69.6 Å². The van der Waals surface area contributed by atoms with E-state index in [1.807, 2.05) is 0 Å². The van der Waals surface area contributed by atoms with Crippen LogP contribution >= 0.6 is 0 Å². The van der Waals surface area contributed by atoms with Gasteiger partial charge in [0.1, 0.15) is 9.84 Å². The van der Waals surface area contributed by atoms with Gasteiger partial charge in [-0.15, -0.1) is 0 Å². The van der Waals surface area contributed by atoms with Crippen molar-refractivity contribution in [3.63, 3.8) is 0 Å². The lowest BCUT2D eigenvalue weighted by Gasteiger charge is -2.44. The molecule has 2 rings (SSSR count). The van der Waals surface area contributed by atoms with E-state index in [9.17, 15) is 13.5 Å². The normalized spacial score (nSPS) is 29.7. The molecule has 0 unspecified atom stereocenters. The van der Waals surface area contributed by atoms with Gasteiger partial charge in [-0.1, -0.05) is 0 Å². The van der Waals surface area contributed by atoms with E-state index in [-0.39, 0.29) is 23.7 Å². The molecule has 0 aromatic heterocycles. The van der Waals surface area contributed by atoms with Crippen molar-refractivity contribution in [2.75, 3.05) is 44.3 Å². The van der Waals surface area contributed by atoms with Crippen molar-refractivity contribution >= 4 is 9.84 Å². The van der Waals surface area contributed by atoms with Gasteiger partial charge < -0.3 is 10.4 Å². The summed E-state index contributed by atoms with van der Waals surface area (Å²) < 4.78 is 23.0. The summed E-state index contributed by atoms with van der Waals surface area (Å²) in [6, 6.07) is 0. The Hall–Kier alpha value is -0.170. The number of rotatable bonds is 2. The Balaban J connectivity index is 2.08. The first-order valence-electron chi connectivity index (χ1n) is 6.35. The third kappa shape index (κ3) is 2.99. The molecular weight excluding hydrogens is 240 g/mol. The van der Waals surface area contributed by atoms with Crippen LogP contribution in [0.5, 0.6) is 0 Å². The number of nitrogens with zero attached hydrogens (tertiary/aromatic N) is 1. The summed E-state index contributed by atoms with van der Waals surface area (Å²) in [6.07, 6.45) is 2.21. The molecule has 2 N–H and O–H groups in total. The average Bonchev–Trinajstić information content (AvgIpc) is 2.59. The van der Waals surface area contributed by atoms with Crippen LogP contribution in [-0.2, 0) is 9.84 Å². The summed E-state index contributed by atoms with van der Waals surface area (Å²) >= 11 is 0. The van der Waals surface area contributed by atoms with E-state index < -0.39 is 9.84 Å². The Morgan fingerprint density at radius 1 is 1.18 bits per heavy atom. The summed E-state index contributed by atoms with van der Waals surface area (Å²) in [5, 5.41) is 13.0. The molecule has 100 valence electrons. The fourth-order valence-corrected chi connectivity index (χ4v) is 4.40. The molecule has 0 spiro atoms. The van der Waals surface area contributed by atoms with Crippen LogP contribution in [0.2, 0.25) is 0 Å². The second-order valence-corrected chi connectivity index (χ2v) is 7.43. The van der Waals surface area contributed by atoms with Gasteiger partial charge in [0.25, 0.3) is 0 Å². The van der Waals surface area contributed by atoms with Gasteiger partial charge in [-0.2, -0.15) is 0 Å². The lowest BCUT2D eigenvalue weighted by molar-refractivity contribution is 0.0254. The molecule has 5 nitrogen and oxygen atoms in total. The molecule has 0 atom stereocenters. The quantitative estimate of drug-likeness (QED) is 0.683. The zero-order valence-electron chi connectivity index (χ0n) is 10.2. The maximum atomic E-state index is 11.5. The summed E-state index contributed by atoms with van der Waals surface area (Å²) in [6.45, 7) is 3.86. The van der Waals surface area contributed by atoms with Crippen molar-refractivity contribution in [1.29, 1.82) is 0 Å². The second kappa shape index (κ2) is 5.22. The third-order valence-electron chi connectivity index (χ3n) is 4.06. The van der Waals surface area contributed by atoms with E-state index >= 15 is 0 Å². The van der Waals surface area contributed by atoms with Crippen LogP contribution in [0.4, 0.5) is 0 Å². The maximum absolute atomic E-state index is 11.5. The number of hydrogen-bond donors (Lipinski definition) is 2. The van der Waals surface area contributed by atoms with Crippen molar-refractivity contribution < 1.29 is 13.5 Å². The number of hydrogen-bond acceptors (Lipinski definition) is 5.